The number of thioether (sulfide) groups is 1. The summed E-state index contributed by atoms with van der Waals surface area (Å²) >= 11 is 1.55. The molecule has 22 heavy (non-hydrogen) atoms. The lowest BCUT2D eigenvalue weighted by Gasteiger charge is -2.06. The Labute approximate surface area is 139 Å². The maximum absolute atomic E-state index is 11.0. The molecule has 0 aromatic carbocycles. The summed E-state index contributed by atoms with van der Waals surface area (Å²) in [6, 6.07) is 0. The molecule has 0 unspecified atom stereocenters. The third-order valence-corrected chi connectivity index (χ3v) is 3.29. The van der Waals surface area contributed by atoms with Gasteiger partial charge in [0.1, 0.15) is 0 Å². The lowest BCUT2D eigenvalue weighted by atomic mass is 10.1. The first-order chi connectivity index (χ1) is 10.5. The minimum absolute atomic E-state index is 0.205. The minimum atomic E-state index is -0.205. The van der Waals surface area contributed by atoms with E-state index in [1.54, 1.807) is 24.9 Å². The van der Waals surface area contributed by atoms with E-state index in [9.17, 15) is 4.79 Å². The molecule has 0 atom stereocenters. The molecular formula is C17H30N2O2S. The van der Waals surface area contributed by atoms with E-state index in [0.717, 1.165) is 16.1 Å². The number of methoxy groups -OCH3 is 1. The summed E-state index contributed by atoms with van der Waals surface area (Å²) in [5.41, 5.74) is 7.61. The van der Waals surface area contributed by atoms with Crippen molar-refractivity contribution < 1.29 is 9.53 Å². The van der Waals surface area contributed by atoms with Gasteiger partial charge in [-0.2, -0.15) is 0 Å². The second-order valence-electron chi connectivity index (χ2n) is 4.38. The highest BCUT2D eigenvalue weighted by Crippen LogP contribution is 2.21. The van der Waals surface area contributed by atoms with E-state index in [2.05, 4.69) is 42.6 Å². The van der Waals surface area contributed by atoms with Gasteiger partial charge in [0.15, 0.2) is 0 Å². The highest BCUT2D eigenvalue weighted by molar-refractivity contribution is 8.03. The van der Waals surface area contributed by atoms with Crippen LogP contribution in [0, 0.1) is 0 Å². The number of hydrogen-bond acceptors (Lipinski definition) is 5. The lowest BCUT2D eigenvalue weighted by Crippen LogP contribution is -2.21. The maximum atomic E-state index is 11.0. The Morgan fingerprint density at radius 3 is 2.41 bits per heavy atom. The molecule has 0 heterocycles. The summed E-state index contributed by atoms with van der Waals surface area (Å²) in [6.45, 7) is 14.0. The highest BCUT2D eigenvalue weighted by atomic mass is 32.2. The van der Waals surface area contributed by atoms with Crippen molar-refractivity contribution in [2.45, 2.75) is 33.6 Å². The van der Waals surface area contributed by atoms with E-state index in [1.165, 1.54) is 13.5 Å². The molecule has 0 aromatic heterocycles. The van der Waals surface area contributed by atoms with Crippen molar-refractivity contribution in [2.24, 2.45) is 0 Å². The number of rotatable bonds is 9. The fourth-order valence-electron chi connectivity index (χ4n) is 1.07. The number of carbonyl (C=O) groups excluding carboxylic acids is 1. The quantitative estimate of drug-likeness (QED) is 0.382. The molecule has 0 saturated carbocycles. The molecule has 0 bridgehead atoms. The van der Waals surface area contributed by atoms with E-state index in [0.29, 0.717) is 12.2 Å². The zero-order chi connectivity index (χ0) is 17.4. The van der Waals surface area contributed by atoms with Crippen molar-refractivity contribution in [2.75, 3.05) is 19.9 Å². The van der Waals surface area contributed by atoms with Gasteiger partial charge < -0.3 is 10.2 Å². The van der Waals surface area contributed by atoms with Gasteiger partial charge in [-0.15, -0.1) is 11.8 Å². The topological polar surface area (TPSA) is 50.4 Å². The molecule has 126 valence electrons. The molecule has 0 aliphatic carbocycles. The van der Waals surface area contributed by atoms with Gasteiger partial charge >= 0.3 is 5.97 Å². The summed E-state index contributed by atoms with van der Waals surface area (Å²) in [6.07, 6.45) is 7.16. The van der Waals surface area contributed by atoms with Crippen LogP contribution in [0.2, 0.25) is 0 Å². The lowest BCUT2D eigenvalue weighted by molar-refractivity contribution is -0.140. The van der Waals surface area contributed by atoms with Crippen molar-refractivity contribution in [3.05, 3.63) is 47.6 Å². The van der Waals surface area contributed by atoms with Crippen molar-refractivity contribution in [3.8, 4) is 0 Å². The molecule has 0 aliphatic rings. The van der Waals surface area contributed by atoms with Gasteiger partial charge in [0.2, 0.25) is 0 Å². The Morgan fingerprint density at radius 1 is 1.36 bits per heavy atom. The van der Waals surface area contributed by atoms with E-state index >= 15 is 0 Å². The second kappa shape index (κ2) is 15.9. The number of ether oxygens (including phenoxy) is 1. The molecule has 4 nitrogen and oxygen atoms in total. The molecule has 0 saturated heterocycles. The fourth-order valence-corrected chi connectivity index (χ4v) is 1.92. The average molecular weight is 327 g/mol. The van der Waals surface area contributed by atoms with E-state index < -0.39 is 0 Å². The molecule has 0 aliphatic heterocycles. The third kappa shape index (κ3) is 13.5. The van der Waals surface area contributed by atoms with Gasteiger partial charge in [0, 0.05) is 23.9 Å². The van der Waals surface area contributed by atoms with Crippen LogP contribution in [0.25, 0.3) is 0 Å². The van der Waals surface area contributed by atoms with Crippen molar-refractivity contribution in [1.29, 1.82) is 0 Å². The smallest absolute Gasteiger partial charge is 0.306 e. The van der Waals surface area contributed by atoms with Gasteiger partial charge in [-0.1, -0.05) is 39.5 Å². The Morgan fingerprint density at radius 2 is 1.95 bits per heavy atom. The van der Waals surface area contributed by atoms with Crippen LogP contribution in [0.15, 0.2) is 47.6 Å². The third-order valence-electron chi connectivity index (χ3n) is 2.26. The number of hydrazine groups is 1. The predicted molar refractivity (Wildman–Crippen MR) is 98.4 cm³/mol. The van der Waals surface area contributed by atoms with Gasteiger partial charge in [0.25, 0.3) is 0 Å². The Bertz CT molecular complexity index is 401. The van der Waals surface area contributed by atoms with Gasteiger partial charge in [-0.3, -0.25) is 4.79 Å². The van der Waals surface area contributed by atoms with Crippen LogP contribution in [0.4, 0.5) is 0 Å². The zero-order valence-corrected chi connectivity index (χ0v) is 15.3. The van der Waals surface area contributed by atoms with Crippen LogP contribution in [0.5, 0.6) is 0 Å². The molecule has 0 aromatic rings. The number of hydrogen-bond donors (Lipinski definition) is 2. The summed E-state index contributed by atoms with van der Waals surface area (Å²) in [7, 11) is 3.18. The van der Waals surface area contributed by atoms with E-state index in [-0.39, 0.29) is 5.97 Å². The highest BCUT2D eigenvalue weighted by Gasteiger charge is 2.02. The van der Waals surface area contributed by atoms with Crippen LogP contribution < -0.4 is 10.9 Å². The van der Waals surface area contributed by atoms with Crippen LogP contribution in [0.3, 0.4) is 0 Å². The zero-order valence-electron chi connectivity index (χ0n) is 14.5. The van der Waals surface area contributed by atoms with Crippen molar-refractivity contribution in [3.63, 3.8) is 0 Å². The van der Waals surface area contributed by atoms with Gasteiger partial charge in [-0.05, 0) is 24.1 Å². The number of esters is 1. The Hall–Kier alpha value is -1.46. The number of allylic oxidation sites excluding steroid dienone is 4. The summed E-state index contributed by atoms with van der Waals surface area (Å²) in [4.78, 5) is 12.0. The minimum Gasteiger partial charge on any atom is -0.469 e. The Balaban J connectivity index is 0. The standard InChI is InChI=1S/C14H22N2O2S.C3H8/c1-6-13(19-8-7-14(17)18-5)9-11(2)12(3)10-16-15-4;1-3-2/h6,9-10,15-16H,1-2,7-8H2,3-5H3;3H2,1-2H3/b12-10+,13-9+;. The molecule has 0 amide bonds. The normalized spacial score (nSPS) is 11.1. The molecule has 0 radical (unpaired) electrons. The first-order valence-corrected chi connectivity index (χ1v) is 8.27. The largest absolute Gasteiger partial charge is 0.469 e. The Kier molecular flexibility index (Phi) is 16.5. The van der Waals surface area contributed by atoms with Crippen LogP contribution in [-0.4, -0.2) is 25.9 Å². The van der Waals surface area contributed by atoms with Crippen LogP contribution in [0.1, 0.15) is 33.6 Å². The molecule has 0 fully saturated rings. The number of nitrogens with one attached hydrogen (secondary N) is 2. The van der Waals surface area contributed by atoms with Crippen LogP contribution >= 0.6 is 11.8 Å². The molecular weight excluding hydrogens is 296 g/mol. The van der Waals surface area contributed by atoms with Gasteiger partial charge in [-0.25, -0.2) is 5.43 Å². The predicted octanol–water partition coefficient (Wildman–Crippen LogP) is 3.95. The summed E-state index contributed by atoms with van der Waals surface area (Å²) in [5, 5.41) is 0. The second-order valence-corrected chi connectivity index (χ2v) is 5.55. The first-order valence-electron chi connectivity index (χ1n) is 7.28. The monoisotopic (exact) mass is 326 g/mol. The van der Waals surface area contributed by atoms with Crippen molar-refractivity contribution >= 4 is 17.7 Å². The number of carbonyl (C=O) groups is 1. The molecule has 2 N–H and O–H groups in total. The SMILES string of the molecule is C=C/C(=C\C(=C)/C(C)=C/NNC)SCCC(=O)OC.CCC. The molecule has 0 spiro atoms. The average Bonchev–Trinajstić information content (AvgIpc) is 2.51. The maximum Gasteiger partial charge on any atom is 0.306 e. The van der Waals surface area contributed by atoms with Gasteiger partial charge in [0.05, 0.1) is 13.5 Å². The fraction of sp³-hybridized carbons (Fsp3) is 0.471. The summed E-state index contributed by atoms with van der Waals surface area (Å²) < 4.78 is 4.59. The van der Waals surface area contributed by atoms with E-state index in [1.807, 2.05) is 19.2 Å². The van der Waals surface area contributed by atoms with Crippen molar-refractivity contribution in [1.82, 2.24) is 10.9 Å². The first kappa shape index (κ1) is 22.8. The molecule has 0 rings (SSSR count). The van der Waals surface area contributed by atoms with E-state index in [4.69, 9.17) is 0 Å². The van der Waals surface area contributed by atoms with Crippen LogP contribution in [-0.2, 0) is 9.53 Å². The molecule has 5 heteroatoms. The summed E-state index contributed by atoms with van der Waals surface area (Å²) in [5.74, 6) is 0.457.